The van der Waals surface area contributed by atoms with Crippen molar-refractivity contribution < 1.29 is 19.3 Å². The summed E-state index contributed by atoms with van der Waals surface area (Å²) in [6, 6.07) is 4.47. The van der Waals surface area contributed by atoms with E-state index < -0.39 is 0 Å². The van der Waals surface area contributed by atoms with E-state index in [2.05, 4.69) is 5.32 Å². The zero-order chi connectivity index (χ0) is 16.2. The predicted molar refractivity (Wildman–Crippen MR) is 86.2 cm³/mol. The zero-order valence-corrected chi connectivity index (χ0v) is 13.0. The molecule has 1 aromatic rings. The lowest BCUT2D eigenvalue weighted by atomic mass is 9.78. The van der Waals surface area contributed by atoms with Crippen LogP contribution < -0.4 is 10.1 Å². The van der Waals surface area contributed by atoms with Crippen LogP contribution in [0.5, 0.6) is 17.2 Å². The lowest BCUT2D eigenvalue weighted by molar-refractivity contribution is 0.176. The van der Waals surface area contributed by atoms with Gasteiger partial charge in [-0.2, -0.15) is 0 Å². The summed E-state index contributed by atoms with van der Waals surface area (Å²) in [5.41, 5.74) is 1.30. The molecule has 124 valence electrons. The maximum atomic E-state index is 13.2. The van der Waals surface area contributed by atoms with E-state index in [-0.39, 0.29) is 17.3 Å². The van der Waals surface area contributed by atoms with Crippen LogP contribution in [0.1, 0.15) is 19.3 Å². The van der Waals surface area contributed by atoms with Crippen molar-refractivity contribution in [3.63, 3.8) is 0 Å². The van der Waals surface area contributed by atoms with E-state index in [9.17, 15) is 14.6 Å². The van der Waals surface area contributed by atoms with Crippen molar-refractivity contribution in [1.29, 1.82) is 0 Å². The second-order valence-electron chi connectivity index (χ2n) is 6.18. The highest BCUT2D eigenvalue weighted by molar-refractivity contribution is 5.43. The highest BCUT2D eigenvalue weighted by Crippen LogP contribution is 2.34. The van der Waals surface area contributed by atoms with Gasteiger partial charge in [0, 0.05) is 24.9 Å². The van der Waals surface area contributed by atoms with Gasteiger partial charge in [0.25, 0.3) is 0 Å². The number of aromatic hydroxyl groups is 2. The number of phenols is 2. The number of ether oxygens (including phenoxy) is 1. The Kier molecular flexibility index (Phi) is 4.86. The van der Waals surface area contributed by atoms with E-state index >= 15 is 0 Å². The number of allylic oxidation sites excluding steroid dienone is 4. The average Bonchev–Trinajstić information content (AvgIpc) is 2.57. The summed E-state index contributed by atoms with van der Waals surface area (Å²) in [4.78, 5) is 0. The molecule has 1 aliphatic heterocycles. The van der Waals surface area contributed by atoms with Gasteiger partial charge in [0.1, 0.15) is 11.6 Å². The molecular formula is C18H22FNO3. The maximum Gasteiger partial charge on any atom is 0.161 e. The van der Waals surface area contributed by atoms with Gasteiger partial charge in [0.2, 0.25) is 0 Å². The van der Waals surface area contributed by atoms with Crippen molar-refractivity contribution in [3.8, 4) is 17.2 Å². The smallest absolute Gasteiger partial charge is 0.161 e. The first kappa shape index (κ1) is 15.9. The van der Waals surface area contributed by atoms with E-state index in [1.54, 1.807) is 12.1 Å². The molecule has 1 fully saturated rings. The van der Waals surface area contributed by atoms with E-state index in [0.717, 1.165) is 25.9 Å². The second kappa shape index (κ2) is 7.04. The summed E-state index contributed by atoms with van der Waals surface area (Å²) in [5, 5.41) is 22.2. The Morgan fingerprint density at radius 2 is 2.04 bits per heavy atom. The second-order valence-corrected chi connectivity index (χ2v) is 6.18. The van der Waals surface area contributed by atoms with Crippen LogP contribution in [0.15, 0.2) is 41.8 Å². The minimum atomic E-state index is -0.184. The molecule has 1 saturated heterocycles. The molecule has 4 nitrogen and oxygen atoms in total. The molecule has 0 amide bonds. The molecule has 23 heavy (non-hydrogen) atoms. The summed E-state index contributed by atoms with van der Waals surface area (Å²) in [5.74, 6) is 0.849. The van der Waals surface area contributed by atoms with Crippen molar-refractivity contribution in [3.05, 3.63) is 41.8 Å². The normalized spacial score (nSPS) is 24.7. The minimum absolute atomic E-state index is 0.0462. The van der Waals surface area contributed by atoms with Crippen LogP contribution in [0, 0.1) is 11.8 Å². The number of rotatable bonds is 4. The Morgan fingerprint density at radius 3 is 2.78 bits per heavy atom. The van der Waals surface area contributed by atoms with Crippen LogP contribution in [0.3, 0.4) is 0 Å². The third-order valence-corrected chi connectivity index (χ3v) is 4.63. The van der Waals surface area contributed by atoms with Crippen molar-refractivity contribution in [2.75, 3.05) is 19.7 Å². The highest BCUT2D eigenvalue weighted by atomic mass is 19.1. The topological polar surface area (TPSA) is 61.7 Å². The number of benzene rings is 1. The van der Waals surface area contributed by atoms with E-state index in [1.165, 1.54) is 17.7 Å². The molecule has 1 aliphatic carbocycles. The summed E-state index contributed by atoms with van der Waals surface area (Å²) < 4.78 is 19.0. The molecular weight excluding hydrogens is 297 g/mol. The van der Waals surface area contributed by atoms with Gasteiger partial charge in [0.15, 0.2) is 11.5 Å². The van der Waals surface area contributed by atoms with Crippen LogP contribution in [-0.4, -0.2) is 29.9 Å². The number of hydrogen-bond donors (Lipinski definition) is 3. The zero-order valence-electron chi connectivity index (χ0n) is 13.0. The number of halogens is 1. The Bertz CT molecular complexity index is 627. The van der Waals surface area contributed by atoms with Gasteiger partial charge in [-0.1, -0.05) is 11.6 Å². The largest absolute Gasteiger partial charge is 0.504 e. The van der Waals surface area contributed by atoms with Gasteiger partial charge in [-0.25, -0.2) is 4.39 Å². The molecule has 0 unspecified atom stereocenters. The van der Waals surface area contributed by atoms with Crippen molar-refractivity contribution in [1.82, 2.24) is 5.32 Å². The van der Waals surface area contributed by atoms with E-state index in [4.69, 9.17) is 4.74 Å². The average molecular weight is 319 g/mol. The molecule has 0 aromatic heterocycles. The molecule has 3 rings (SSSR count). The van der Waals surface area contributed by atoms with E-state index in [0.29, 0.717) is 30.6 Å². The lowest BCUT2D eigenvalue weighted by Gasteiger charge is -2.34. The van der Waals surface area contributed by atoms with Crippen LogP contribution in [0.25, 0.3) is 0 Å². The molecule has 0 saturated carbocycles. The van der Waals surface area contributed by atoms with Gasteiger partial charge >= 0.3 is 0 Å². The summed E-state index contributed by atoms with van der Waals surface area (Å²) in [7, 11) is 0. The SMILES string of the molecule is Oc1ccc(OC[C@H]2CNCC[C@@H]2C2=CC=C(F)CC2)cc1O. The summed E-state index contributed by atoms with van der Waals surface area (Å²) >= 11 is 0. The quantitative estimate of drug-likeness (QED) is 0.745. The van der Waals surface area contributed by atoms with Crippen LogP contribution >= 0.6 is 0 Å². The molecule has 0 bridgehead atoms. The number of nitrogens with one attached hydrogen (secondary N) is 1. The minimum Gasteiger partial charge on any atom is -0.504 e. The first-order chi connectivity index (χ1) is 11.1. The Balaban J connectivity index is 1.66. The van der Waals surface area contributed by atoms with Crippen molar-refractivity contribution >= 4 is 0 Å². The van der Waals surface area contributed by atoms with Crippen LogP contribution in [0.4, 0.5) is 4.39 Å². The fraction of sp³-hybridized carbons (Fsp3) is 0.444. The Labute approximate surface area is 135 Å². The molecule has 5 heteroatoms. The van der Waals surface area contributed by atoms with Crippen LogP contribution in [-0.2, 0) is 0 Å². The van der Waals surface area contributed by atoms with Gasteiger partial charge in [-0.05, 0) is 43.5 Å². The number of piperidine rings is 1. The monoisotopic (exact) mass is 319 g/mol. The third kappa shape index (κ3) is 3.85. The van der Waals surface area contributed by atoms with Gasteiger partial charge in [-0.3, -0.25) is 0 Å². The first-order valence-corrected chi connectivity index (χ1v) is 8.04. The molecule has 2 aliphatic rings. The van der Waals surface area contributed by atoms with Gasteiger partial charge in [-0.15, -0.1) is 0 Å². The van der Waals surface area contributed by atoms with Gasteiger partial charge < -0.3 is 20.3 Å². The maximum absolute atomic E-state index is 13.2. The first-order valence-electron chi connectivity index (χ1n) is 8.04. The molecule has 0 spiro atoms. The highest BCUT2D eigenvalue weighted by Gasteiger charge is 2.29. The molecule has 0 radical (unpaired) electrons. The molecule has 2 atom stereocenters. The Morgan fingerprint density at radius 1 is 1.17 bits per heavy atom. The molecule has 1 heterocycles. The summed E-state index contributed by atoms with van der Waals surface area (Å²) in [6.07, 6.45) is 5.81. The lowest BCUT2D eigenvalue weighted by Crippen LogP contribution is -2.40. The van der Waals surface area contributed by atoms with E-state index in [1.807, 2.05) is 6.08 Å². The Hall–Kier alpha value is -2.01. The third-order valence-electron chi connectivity index (χ3n) is 4.63. The van der Waals surface area contributed by atoms with Crippen molar-refractivity contribution in [2.24, 2.45) is 11.8 Å². The summed E-state index contributed by atoms with van der Waals surface area (Å²) in [6.45, 7) is 2.34. The van der Waals surface area contributed by atoms with Crippen LogP contribution in [0.2, 0.25) is 0 Å². The standard InChI is InChI=1S/C18H22FNO3/c19-14-3-1-12(2-4-14)16-7-8-20-10-13(16)11-23-15-5-6-17(21)18(22)9-15/h1,3,5-6,9,13,16,20-22H,2,4,7-8,10-11H2/t13-,16-/m1/s1. The number of phenolic OH excluding ortho intramolecular Hbond substituents is 2. The van der Waals surface area contributed by atoms with Gasteiger partial charge in [0.05, 0.1) is 6.61 Å². The predicted octanol–water partition coefficient (Wildman–Crippen LogP) is 3.28. The molecule has 1 aromatic carbocycles. The fourth-order valence-electron chi connectivity index (χ4n) is 3.32. The van der Waals surface area contributed by atoms with Crippen molar-refractivity contribution in [2.45, 2.75) is 19.3 Å². The number of hydrogen-bond acceptors (Lipinski definition) is 4. The molecule has 3 N–H and O–H groups in total. The fourth-order valence-corrected chi connectivity index (χ4v) is 3.32.